The first kappa shape index (κ1) is 16.4. The molecule has 7 heteroatoms. The van der Waals surface area contributed by atoms with Crippen LogP contribution >= 0.6 is 0 Å². The Hall–Kier alpha value is -2.07. The van der Waals surface area contributed by atoms with Crippen molar-refractivity contribution < 1.29 is 19.1 Å². The van der Waals surface area contributed by atoms with Gasteiger partial charge in [-0.15, -0.1) is 6.42 Å². The number of nitrogens with zero attached hydrogens (tertiary/aromatic N) is 2. The Labute approximate surface area is 147 Å². The van der Waals surface area contributed by atoms with Gasteiger partial charge in [-0.2, -0.15) is 0 Å². The largest absolute Gasteiger partial charge is 0.363 e. The number of hydrogen-bond acceptors (Lipinski definition) is 4. The van der Waals surface area contributed by atoms with Gasteiger partial charge in [-0.3, -0.25) is 14.4 Å². The van der Waals surface area contributed by atoms with E-state index in [0.29, 0.717) is 25.9 Å². The summed E-state index contributed by atoms with van der Waals surface area (Å²) in [5, 5.41) is 3.02. The van der Waals surface area contributed by atoms with Crippen LogP contribution in [0.5, 0.6) is 0 Å². The van der Waals surface area contributed by atoms with E-state index in [1.54, 1.807) is 9.80 Å². The van der Waals surface area contributed by atoms with Crippen molar-refractivity contribution in [3.63, 3.8) is 0 Å². The van der Waals surface area contributed by atoms with Crippen molar-refractivity contribution in [3.8, 4) is 12.3 Å². The molecule has 134 valence electrons. The summed E-state index contributed by atoms with van der Waals surface area (Å²) >= 11 is 0. The van der Waals surface area contributed by atoms with E-state index in [4.69, 9.17) is 11.2 Å². The number of carbonyl (C=O) groups is 3. The summed E-state index contributed by atoms with van der Waals surface area (Å²) in [6.45, 7) is 1.13. The molecule has 1 saturated carbocycles. The monoisotopic (exact) mass is 345 g/mol. The van der Waals surface area contributed by atoms with Gasteiger partial charge in [0.05, 0.1) is 12.1 Å². The summed E-state index contributed by atoms with van der Waals surface area (Å²) in [6, 6.07) is -1.42. The minimum Gasteiger partial charge on any atom is -0.363 e. The normalized spacial score (nSPS) is 34.4. The Morgan fingerprint density at radius 2 is 1.80 bits per heavy atom. The van der Waals surface area contributed by atoms with Crippen LogP contribution in [0.15, 0.2) is 0 Å². The molecule has 3 saturated heterocycles. The highest BCUT2D eigenvalue weighted by Crippen LogP contribution is 2.34. The number of piperazine rings is 1. The van der Waals surface area contributed by atoms with Crippen LogP contribution in [0.2, 0.25) is 0 Å². The van der Waals surface area contributed by atoms with Crippen molar-refractivity contribution in [1.29, 1.82) is 0 Å². The number of carbonyl (C=O) groups excluding carboxylic acids is 3. The van der Waals surface area contributed by atoms with Gasteiger partial charge in [-0.1, -0.05) is 12.3 Å². The lowest BCUT2D eigenvalue weighted by atomic mass is 9.84. The molecule has 0 aromatic heterocycles. The number of rotatable bonds is 4. The maximum Gasteiger partial charge on any atom is 0.248 e. The van der Waals surface area contributed by atoms with Crippen molar-refractivity contribution in [3.05, 3.63) is 0 Å². The minimum absolute atomic E-state index is 0.0251. The fraction of sp³-hybridized carbons (Fsp3) is 0.722. The minimum atomic E-state index is -0.571. The van der Waals surface area contributed by atoms with Gasteiger partial charge in [-0.25, -0.2) is 0 Å². The molecule has 4 rings (SSSR count). The molecule has 0 spiro atoms. The van der Waals surface area contributed by atoms with Gasteiger partial charge in [0.2, 0.25) is 17.7 Å². The van der Waals surface area contributed by atoms with E-state index in [2.05, 4.69) is 11.2 Å². The number of nitrogens with one attached hydrogen (secondary N) is 1. The highest BCUT2D eigenvalue weighted by molar-refractivity contribution is 5.99. The summed E-state index contributed by atoms with van der Waals surface area (Å²) in [5.41, 5.74) is 0. The number of terminal acetylenes is 1. The Morgan fingerprint density at radius 3 is 2.48 bits per heavy atom. The van der Waals surface area contributed by atoms with Crippen LogP contribution in [-0.2, 0) is 19.1 Å². The average molecular weight is 345 g/mol. The molecule has 0 bridgehead atoms. The van der Waals surface area contributed by atoms with Crippen molar-refractivity contribution in [1.82, 2.24) is 15.1 Å². The van der Waals surface area contributed by atoms with E-state index in [1.807, 2.05) is 0 Å². The first-order valence-electron chi connectivity index (χ1n) is 9.08. The molecule has 3 aliphatic heterocycles. The topological polar surface area (TPSA) is 79.0 Å². The Bertz CT molecular complexity index is 639. The predicted octanol–water partition coefficient (Wildman–Crippen LogP) is -0.495. The lowest BCUT2D eigenvalue weighted by molar-refractivity contribution is -0.161. The molecular formula is C18H23N3O4. The summed E-state index contributed by atoms with van der Waals surface area (Å²) < 4.78 is 5.59. The van der Waals surface area contributed by atoms with Crippen LogP contribution in [0.3, 0.4) is 0 Å². The zero-order valence-electron chi connectivity index (χ0n) is 14.1. The zero-order chi connectivity index (χ0) is 17.6. The lowest BCUT2D eigenvalue weighted by Crippen LogP contribution is -2.66. The Morgan fingerprint density at radius 1 is 1.12 bits per heavy atom. The third kappa shape index (κ3) is 2.60. The number of fused-ring (bicyclic) bond motifs is 2. The van der Waals surface area contributed by atoms with Crippen molar-refractivity contribution in [2.75, 3.05) is 19.7 Å². The third-order valence-corrected chi connectivity index (χ3v) is 6.00. The first-order valence-corrected chi connectivity index (χ1v) is 9.08. The Balaban J connectivity index is 1.49. The molecule has 1 aliphatic carbocycles. The standard InChI is InChI=1S/C18H23N3O4/c1-2-10-25-13-7-9-21-15(13)18(24)20-8-6-12(14(20)17(21)23)19-16(22)11-4-3-5-11/h1,11-15H,3-10H2,(H,19,22). The number of hydrogen-bond donors (Lipinski definition) is 1. The molecule has 0 radical (unpaired) electrons. The molecule has 4 unspecified atom stereocenters. The maximum atomic E-state index is 13.0. The van der Waals surface area contributed by atoms with Crippen molar-refractivity contribution in [2.24, 2.45) is 5.92 Å². The molecule has 4 atom stereocenters. The van der Waals surface area contributed by atoms with E-state index >= 15 is 0 Å². The van der Waals surface area contributed by atoms with E-state index in [-0.39, 0.29) is 42.4 Å². The summed E-state index contributed by atoms with van der Waals surface area (Å²) in [5.74, 6) is 2.36. The molecule has 4 fully saturated rings. The van der Waals surface area contributed by atoms with E-state index in [1.165, 1.54) is 0 Å². The van der Waals surface area contributed by atoms with Crippen LogP contribution in [0.1, 0.15) is 32.1 Å². The zero-order valence-corrected chi connectivity index (χ0v) is 14.1. The summed E-state index contributed by atoms with van der Waals surface area (Å²) in [7, 11) is 0. The van der Waals surface area contributed by atoms with Crippen LogP contribution in [0.25, 0.3) is 0 Å². The molecule has 3 heterocycles. The average Bonchev–Trinajstić information content (AvgIpc) is 3.13. The van der Waals surface area contributed by atoms with E-state index < -0.39 is 12.1 Å². The molecule has 0 aromatic carbocycles. The van der Waals surface area contributed by atoms with Gasteiger partial charge in [0.25, 0.3) is 0 Å². The second-order valence-electron chi connectivity index (χ2n) is 7.33. The maximum absolute atomic E-state index is 13.0. The van der Waals surface area contributed by atoms with Gasteiger partial charge in [0, 0.05) is 19.0 Å². The van der Waals surface area contributed by atoms with Crippen molar-refractivity contribution >= 4 is 17.7 Å². The highest BCUT2D eigenvalue weighted by Gasteiger charge is 2.56. The second-order valence-corrected chi connectivity index (χ2v) is 7.33. The SMILES string of the molecule is C#CCOC1CCN2C(=O)C3C(NC(=O)C4CCC4)CCN3C(=O)C12. The highest BCUT2D eigenvalue weighted by atomic mass is 16.5. The molecule has 1 N–H and O–H groups in total. The quantitative estimate of drug-likeness (QED) is 0.697. The van der Waals surface area contributed by atoms with E-state index in [9.17, 15) is 14.4 Å². The predicted molar refractivity (Wildman–Crippen MR) is 88.1 cm³/mol. The van der Waals surface area contributed by atoms with Gasteiger partial charge < -0.3 is 19.9 Å². The van der Waals surface area contributed by atoms with Gasteiger partial charge in [0.1, 0.15) is 18.7 Å². The smallest absolute Gasteiger partial charge is 0.248 e. The van der Waals surface area contributed by atoms with Gasteiger partial charge in [0.15, 0.2) is 0 Å². The van der Waals surface area contributed by atoms with Gasteiger partial charge >= 0.3 is 0 Å². The molecule has 4 aliphatic rings. The molecular weight excluding hydrogens is 322 g/mol. The first-order chi connectivity index (χ1) is 12.1. The molecule has 25 heavy (non-hydrogen) atoms. The van der Waals surface area contributed by atoms with E-state index in [0.717, 1.165) is 19.3 Å². The third-order valence-electron chi connectivity index (χ3n) is 6.00. The summed E-state index contributed by atoms with van der Waals surface area (Å²) in [6.07, 6.45) is 9.06. The second kappa shape index (κ2) is 6.34. The van der Waals surface area contributed by atoms with Crippen LogP contribution < -0.4 is 5.32 Å². The van der Waals surface area contributed by atoms with Crippen LogP contribution in [-0.4, -0.2) is 71.4 Å². The fourth-order valence-electron chi connectivity index (χ4n) is 4.44. The molecule has 7 nitrogen and oxygen atoms in total. The Kier molecular flexibility index (Phi) is 4.16. The van der Waals surface area contributed by atoms with Gasteiger partial charge in [-0.05, 0) is 25.7 Å². The van der Waals surface area contributed by atoms with Crippen LogP contribution in [0.4, 0.5) is 0 Å². The number of ether oxygens (including phenoxy) is 1. The van der Waals surface area contributed by atoms with Crippen LogP contribution in [0, 0.1) is 18.3 Å². The molecule has 3 amide bonds. The lowest BCUT2D eigenvalue weighted by Gasteiger charge is -2.41. The molecule has 0 aromatic rings. The van der Waals surface area contributed by atoms with Crippen molar-refractivity contribution in [2.45, 2.75) is 56.3 Å². The fourth-order valence-corrected chi connectivity index (χ4v) is 4.44. The number of amides is 3. The summed E-state index contributed by atoms with van der Waals surface area (Å²) in [4.78, 5) is 41.4.